The summed E-state index contributed by atoms with van der Waals surface area (Å²) in [7, 11) is 1.43. The van der Waals surface area contributed by atoms with E-state index in [1.807, 2.05) is 49.4 Å². The summed E-state index contributed by atoms with van der Waals surface area (Å²) in [5.74, 6) is 0.171. The second-order valence-corrected chi connectivity index (χ2v) is 9.94. The van der Waals surface area contributed by atoms with E-state index < -0.39 is 0 Å². The maximum atomic E-state index is 14.3. The number of nitrogens with one attached hydrogen (secondary N) is 1. The zero-order chi connectivity index (χ0) is 25.2. The predicted octanol–water partition coefficient (Wildman–Crippen LogP) is 7.12. The number of esters is 1. The van der Waals surface area contributed by atoms with Gasteiger partial charge in [-0.25, -0.2) is 9.18 Å². The van der Waals surface area contributed by atoms with Gasteiger partial charge in [0.15, 0.2) is 0 Å². The molecule has 4 aromatic carbocycles. The van der Waals surface area contributed by atoms with E-state index in [1.165, 1.54) is 18.2 Å². The van der Waals surface area contributed by atoms with Gasteiger partial charge in [-0.05, 0) is 84.5 Å². The van der Waals surface area contributed by atoms with Gasteiger partial charge in [-0.15, -0.1) is 0 Å². The highest BCUT2D eigenvalue weighted by atomic mass is 19.1. The Hall–Kier alpha value is -3.50. The first-order valence-corrected chi connectivity index (χ1v) is 12.6. The van der Waals surface area contributed by atoms with Crippen LogP contribution in [-0.4, -0.2) is 19.6 Å². The molecule has 0 saturated heterocycles. The van der Waals surface area contributed by atoms with E-state index in [2.05, 4.69) is 42.6 Å². The molecule has 0 heterocycles. The number of methoxy groups -OCH3 is 1. The first kappa shape index (κ1) is 24.2. The maximum absolute atomic E-state index is 14.3. The van der Waals surface area contributed by atoms with Crippen molar-refractivity contribution in [3.8, 4) is 0 Å². The molecule has 0 radical (unpaired) electrons. The van der Waals surface area contributed by atoms with Crippen LogP contribution in [0.4, 0.5) is 4.39 Å². The van der Waals surface area contributed by atoms with Crippen molar-refractivity contribution in [1.29, 1.82) is 0 Å². The Balaban J connectivity index is 1.39. The number of carbonyl (C=O) groups excluding carboxylic acids is 1. The summed E-state index contributed by atoms with van der Waals surface area (Å²) in [6, 6.07) is 26.1. The van der Waals surface area contributed by atoms with Crippen LogP contribution in [0.25, 0.3) is 10.8 Å². The second-order valence-electron chi connectivity index (χ2n) is 9.94. The Bertz CT molecular complexity index is 1410. The van der Waals surface area contributed by atoms with E-state index >= 15 is 0 Å². The highest BCUT2D eigenvalue weighted by Crippen LogP contribution is 2.40. The van der Waals surface area contributed by atoms with Crippen molar-refractivity contribution in [3.63, 3.8) is 0 Å². The lowest BCUT2D eigenvalue weighted by Crippen LogP contribution is -2.31. The topological polar surface area (TPSA) is 38.3 Å². The first-order chi connectivity index (χ1) is 17.5. The Morgan fingerprint density at radius 1 is 1.03 bits per heavy atom. The average molecular weight is 482 g/mol. The lowest BCUT2D eigenvalue weighted by molar-refractivity contribution is 0.0599. The van der Waals surface area contributed by atoms with Crippen molar-refractivity contribution in [2.75, 3.05) is 13.7 Å². The van der Waals surface area contributed by atoms with Crippen molar-refractivity contribution in [1.82, 2.24) is 5.32 Å². The lowest BCUT2D eigenvalue weighted by Gasteiger charge is -2.33. The zero-order valence-corrected chi connectivity index (χ0v) is 21.1. The van der Waals surface area contributed by atoms with E-state index in [-0.39, 0.29) is 23.7 Å². The van der Waals surface area contributed by atoms with Gasteiger partial charge in [0.25, 0.3) is 0 Å². The number of hydrogen-bond acceptors (Lipinski definition) is 3. The number of carbonyl (C=O) groups is 1. The van der Waals surface area contributed by atoms with Gasteiger partial charge in [0.2, 0.25) is 0 Å². The van der Waals surface area contributed by atoms with Crippen molar-refractivity contribution < 1.29 is 13.9 Å². The first-order valence-electron chi connectivity index (χ1n) is 12.6. The molecule has 3 atom stereocenters. The molecule has 1 aliphatic carbocycles. The van der Waals surface area contributed by atoms with Crippen LogP contribution in [-0.2, 0) is 11.2 Å². The molecule has 0 amide bonds. The van der Waals surface area contributed by atoms with Crippen molar-refractivity contribution in [2.24, 2.45) is 5.92 Å². The minimum absolute atomic E-state index is 0.0939. The highest BCUT2D eigenvalue weighted by Gasteiger charge is 2.29. The SMILES string of the molecule is COC(=O)c1cc(C2C[C@H](CN[C@H](C)c3ccc(F)c4ccccc34)Cc3ccccc32)ccc1C. The summed E-state index contributed by atoms with van der Waals surface area (Å²) >= 11 is 0. The van der Waals surface area contributed by atoms with E-state index in [0.717, 1.165) is 41.5 Å². The molecule has 0 aromatic heterocycles. The van der Waals surface area contributed by atoms with Crippen LogP contribution < -0.4 is 5.32 Å². The molecule has 4 heteroatoms. The molecule has 3 nitrogen and oxygen atoms in total. The Morgan fingerprint density at radius 3 is 2.58 bits per heavy atom. The average Bonchev–Trinajstić information content (AvgIpc) is 2.91. The molecule has 0 spiro atoms. The molecule has 1 N–H and O–H groups in total. The molecule has 1 aliphatic rings. The van der Waals surface area contributed by atoms with Crippen LogP contribution >= 0.6 is 0 Å². The number of hydrogen-bond donors (Lipinski definition) is 1. The van der Waals surface area contributed by atoms with E-state index in [4.69, 9.17) is 4.74 Å². The normalized spacial score (nSPS) is 18.0. The van der Waals surface area contributed by atoms with Gasteiger partial charge in [0.05, 0.1) is 12.7 Å². The molecular formula is C32H32FNO2. The highest BCUT2D eigenvalue weighted by molar-refractivity contribution is 5.91. The summed E-state index contributed by atoms with van der Waals surface area (Å²) in [4.78, 5) is 12.3. The van der Waals surface area contributed by atoms with Crippen molar-refractivity contribution in [3.05, 3.63) is 118 Å². The number of rotatable bonds is 6. The van der Waals surface area contributed by atoms with Gasteiger partial charge in [-0.3, -0.25) is 0 Å². The summed E-state index contributed by atoms with van der Waals surface area (Å²) < 4.78 is 19.4. The molecule has 184 valence electrons. The quantitative estimate of drug-likeness (QED) is 0.298. The molecular weight excluding hydrogens is 449 g/mol. The van der Waals surface area contributed by atoms with Crippen LogP contribution in [0, 0.1) is 18.7 Å². The van der Waals surface area contributed by atoms with Gasteiger partial charge in [0, 0.05) is 17.3 Å². The predicted molar refractivity (Wildman–Crippen MR) is 143 cm³/mol. The van der Waals surface area contributed by atoms with E-state index in [0.29, 0.717) is 16.9 Å². The molecule has 1 unspecified atom stereocenters. The third kappa shape index (κ3) is 4.66. The molecule has 0 aliphatic heterocycles. The molecule has 4 aromatic rings. The summed E-state index contributed by atoms with van der Waals surface area (Å²) in [5.41, 5.74) is 6.51. The number of benzene rings is 4. The van der Waals surface area contributed by atoms with Crippen LogP contribution in [0.5, 0.6) is 0 Å². The van der Waals surface area contributed by atoms with Gasteiger partial charge >= 0.3 is 5.97 Å². The lowest BCUT2D eigenvalue weighted by atomic mass is 9.73. The third-order valence-electron chi connectivity index (χ3n) is 7.66. The van der Waals surface area contributed by atoms with Crippen LogP contribution in [0.15, 0.2) is 78.9 Å². The Labute approximate surface area is 212 Å². The maximum Gasteiger partial charge on any atom is 0.338 e. The number of fused-ring (bicyclic) bond motifs is 2. The molecule has 0 saturated carbocycles. The van der Waals surface area contributed by atoms with E-state index in [1.54, 1.807) is 6.07 Å². The fraction of sp³-hybridized carbons (Fsp3) is 0.281. The standard InChI is InChI=1S/C32H32FNO2/c1-20-12-13-24(18-29(20)32(35)36-3)30-17-22(16-23-8-4-5-9-26(23)30)19-34-21(2)25-14-15-31(33)28-11-7-6-10-27(25)28/h4-15,18,21-22,30,34H,16-17,19H2,1-3H3/t21-,22-,30?/m1/s1. The largest absolute Gasteiger partial charge is 0.465 e. The second kappa shape index (κ2) is 10.2. The third-order valence-corrected chi connectivity index (χ3v) is 7.66. The van der Waals surface area contributed by atoms with Gasteiger partial charge in [-0.2, -0.15) is 0 Å². The molecule has 36 heavy (non-hydrogen) atoms. The molecule has 0 fully saturated rings. The monoisotopic (exact) mass is 481 g/mol. The number of aryl methyl sites for hydroxylation is 1. The fourth-order valence-electron chi connectivity index (χ4n) is 5.69. The minimum Gasteiger partial charge on any atom is -0.465 e. The van der Waals surface area contributed by atoms with Crippen molar-refractivity contribution in [2.45, 2.75) is 38.6 Å². The van der Waals surface area contributed by atoms with E-state index in [9.17, 15) is 9.18 Å². The summed E-state index contributed by atoms with van der Waals surface area (Å²) in [6.07, 6.45) is 2.00. The molecule has 0 bridgehead atoms. The number of ether oxygens (including phenoxy) is 1. The van der Waals surface area contributed by atoms with Gasteiger partial charge < -0.3 is 10.1 Å². The van der Waals surface area contributed by atoms with Crippen LogP contribution in [0.1, 0.15) is 63.5 Å². The Kier molecular flexibility index (Phi) is 6.88. The minimum atomic E-state index is -0.294. The Morgan fingerprint density at radius 2 is 1.78 bits per heavy atom. The summed E-state index contributed by atoms with van der Waals surface area (Å²) in [5, 5.41) is 5.36. The van der Waals surface area contributed by atoms with Crippen molar-refractivity contribution >= 4 is 16.7 Å². The van der Waals surface area contributed by atoms with Gasteiger partial charge in [0.1, 0.15) is 5.82 Å². The zero-order valence-electron chi connectivity index (χ0n) is 21.1. The van der Waals surface area contributed by atoms with Gasteiger partial charge in [-0.1, -0.05) is 66.7 Å². The fourth-order valence-corrected chi connectivity index (χ4v) is 5.69. The van der Waals surface area contributed by atoms with Crippen LogP contribution in [0.3, 0.4) is 0 Å². The molecule has 5 rings (SSSR count). The number of halogens is 1. The summed E-state index contributed by atoms with van der Waals surface area (Å²) in [6.45, 7) is 4.95. The van der Waals surface area contributed by atoms with Crippen LogP contribution in [0.2, 0.25) is 0 Å². The smallest absolute Gasteiger partial charge is 0.338 e.